The zero-order valence-electron chi connectivity index (χ0n) is 28.4. The first kappa shape index (κ1) is 44.1. The number of imidazole rings is 1. The van der Waals surface area contributed by atoms with Gasteiger partial charge in [0, 0.05) is 36.9 Å². The summed E-state index contributed by atoms with van der Waals surface area (Å²) >= 11 is 4.13. The van der Waals surface area contributed by atoms with E-state index in [9.17, 15) is 13.2 Å². The summed E-state index contributed by atoms with van der Waals surface area (Å²) < 4.78 is 50.6. The van der Waals surface area contributed by atoms with E-state index in [1.807, 2.05) is 27.7 Å². The Balaban J connectivity index is 0.00000348. The average molecular weight is 729 g/mol. The van der Waals surface area contributed by atoms with Gasteiger partial charge in [-0.25, -0.2) is 22.2 Å². The fourth-order valence-corrected chi connectivity index (χ4v) is 6.76. The molecule has 3 rings (SSSR count). The first-order chi connectivity index (χ1) is 23.0. The molecule has 0 aliphatic heterocycles. The number of fused-ring (bicyclic) bond motifs is 1. The van der Waals surface area contributed by atoms with Crippen molar-refractivity contribution in [2.45, 2.75) is 50.5 Å². The van der Waals surface area contributed by atoms with Gasteiger partial charge in [-0.1, -0.05) is 32.5 Å². The molecule has 0 aliphatic carbocycles. The lowest BCUT2D eigenvalue weighted by molar-refractivity contribution is -0.139. The van der Waals surface area contributed by atoms with Crippen molar-refractivity contribution in [2.24, 2.45) is 4.99 Å². The van der Waals surface area contributed by atoms with Crippen molar-refractivity contribution >= 4 is 57.1 Å². The molecule has 1 aromatic heterocycles. The Hall–Kier alpha value is -3.88. The highest BCUT2D eigenvalue weighted by atomic mass is 32.2. The highest BCUT2D eigenvalue weighted by Crippen LogP contribution is 2.35. The van der Waals surface area contributed by atoms with Crippen LogP contribution in [0.4, 0.5) is 0 Å². The minimum atomic E-state index is -4.35. The maximum Gasteiger partial charge on any atom is 0.341 e. The second-order valence-corrected chi connectivity index (χ2v) is 11.4. The lowest BCUT2D eigenvalue weighted by atomic mass is 10.1. The van der Waals surface area contributed by atoms with Crippen LogP contribution in [0, 0.1) is 12.8 Å². The Morgan fingerprint density at radius 1 is 1.08 bits per heavy atom. The Labute approximate surface area is 292 Å². The van der Waals surface area contributed by atoms with Crippen LogP contribution < -0.4 is 14.2 Å². The predicted molar refractivity (Wildman–Crippen MR) is 194 cm³/mol. The molecular formula is C32H46N3O10S3+. The Morgan fingerprint density at radius 3 is 2.25 bits per heavy atom. The summed E-state index contributed by atoms with van der Waals surface area (Å²) in [6.45, 7) is 6.50. The molecule has 266 valence electrons. The number of rotatable bonds is 15. The summed E-state index contributed by atoms with van der Waals surface area (Å²) in [4.78, 5) is 19.8. The van der Waals surface area contributed by atoms with Crippen molar-refractivity contribution in [3.63, 3.8) is 0 Å². The Bertz CT molecular complexity index is 1640. The summed E-state index contributed by atoms with van der Waals surface area (Å²) in [5, 5.41) is 27.6. The number of aliphatic hydroxyl groups is 2. The van der Waals surface area contributed by atoms with E-state index in [4.69, 9.17) is 34.3 Å². The molecule has 0 spiro atoms. The lowest BCUT2D eigenvalue weighted by Crippen LogP contribution is -2.18. The van der Waals surface area contributed by atoms with Crippen LogP contribution in [-0.4, -0.2) is 97.2 Å². The van der Waals surface area contributed by atoms with Crippen LogP contribution in [0.2, 0.25) is 0 Å². The number of aliphatic hydroxyl groups excluding tert-OH is 1. The normalized spacial score (nSPS) is 11.5. The quantitative estimate of drug-likeness (QED) is 0.0515. The van der Waals surface area contributed by atoms with E-state index in [0.717, 1.165) is 33.1 Å². The van der Waals surface area contributed by atoms with E-state index in [2.05, 4.69) is 35.5 Å². The lowest BCUT2D eigenvalue weighted by Gasteiger charge is -2.16. The maximum atomic E-state index is 14.1. The average Bonchev–Trinajstić information content (AvgIpc) is 3.48. The third-order valence-corrected chi connectivity index (χ3v) is 8.78. The molecule has 13 nitrogen and oxygen atoms in total. The number of terminal acetylenes is 1. The van der Waals surface area contributed by atoms with Crippen molar-refractivity contribution in [1.29, 1.82) is 0 Å². The molecule has 3 aromatic rings. The molecule has 3 N–H and O–H groups in total. The smallest absolute Gasteiger partial charge is 0.341 e. The van der Waals surface area contributed by atoms with Gasteiger partial charge in [-0.15, -0.1) is 12.8 Å². The predicted octanol–water partition coefficient (Wildman–Crippen LogP) is 3.83. The Morgan fingerprint density at radius 2 is 1.73 bits per heavy atom. The van der Waals surface area contributed by atoms with E-state index in [-0.39, 0.29) is 32.8 Å². The SMILES string of the molecule is C#C.CC.CC/C(OC)=C(/C)C(CSc1nc2cc(OC)ccc2n1S(=O)(=O)c1ccc(OCC(O)O)c(OCC(=O)O)c1)=NC.C[SH2+]. The van der Waals surface area contributed by atoms with Crippen molar-refractivity contribution in [3.05, 3.63) is 47.7 Å². The molecule has 48 heavy (non-hydrogen) atoms. The van der Waals surface area contributed by atoms with Crippen molar-refractivity contribution in [3.8, 4) is 30.1 Å². The van der Waals surface area contributed by atoms with Gasteiger partial charge in [0.15, 0.2) is 29.6 Å². The molecule has 0 unspecified atom stereocenters. The van der Waals surface area contributed by atoms with Gasteiger partial charge in [0.1, 0.15) is 12.4 Å². The summed E-state index contributed by atoms with van der Waals surface area (Å²) in [6.07, 6.45) is 8.64. The van der Waals surface area contributed by atoms with Gasteiger partial charge in [-0.2, -0.15) is 0 Å². The minimum Gasteiger partial charge on any atom is -0.501 e. The standard InChI is InChI=1S/C27H33N3O10S2.C2H6.C2H2.CH4S/c1-6-22(38-5)16(2)20(28-3)15-41-27-29-19-11-17(37-4)7-9-21(19)30(27)42(35,36)18-8-10-23(39-13-25(31)32)24(12-18)40-14-26(33)34;3*1-2/h7-12,25,31-32H,6,13-15H2,1-5H3,(H,33,34);1-2H3;1-2H;2H,1H3/p+1/b22-16+,28-20?;;;. The molecule has 0 atom stereocenters. The number of aliphatic carboxylic acids is 1. The summed E-state index contributed by atoms with van der Waals surface area (Å²) in [5.41, 5.74) is 2.19. The molecule has 0 saturated carbocycles. The molecule has 0 radical (unpaired) electrons. The molecule has 0 saturated heterocycles. The van der Waals surface area contributed by atoms with E-state index < -0.39 is 35.5 Å². The number of ether oxygens (including phenoxy) is 4. The third kappa shape index (κ3) is 12.0. The number of allylic oxidation sites excluding steroid dienone is 2. The van der Waals surface area contributed by atoms with Crippen molar-refractivity contribution in [1.82, 2.24) is 8.96 Å². The first-order valence-electron chi connectivity index (χ1n) is 14.4. The van der Waals surface area contributed by atoms with Crippen LogP contribution in [0.25, 0.3) is 11.0 Å². The topological polar surface area (TPSA) is 179 Å². The number of carboxylic acids is 1. The highest BCUT2D eigenvalue weighted by molar-refractivity contribution is 8.00. The summed E-state index contributed by atoms with van der Waals surface area (Å²) in [5.74, 6) is -0.0651. The number of carbonyl (C=O) groups is 1. The molecule has 0 fully saturated rings. The fourth-order valence-electron chi connectivity index (χ4n) is 3.95. The molecule has 0 amide bonds. The van der Waals surface area contributed by atoms with E-state index in [0.29, 0.717) is 23.4 Å². The molecule has 2 aromatic carbocycles. The van der Waals surface area contributed by atoms with Crippen molar-refractivity contribution in [2.75, 3.05) is 46.5 Å². The largest absolute Gasteiger partial charge is 0.501 e. The van der Waals surface area contributed by atoms with Crippen LogP contribution in [-0.2, 0) is 32.2 Å². The van der Waals surface area contributed by atoms with Crippen LogP contribution in [0.15, 0.2) is 62.8 Å². The molecular weight excluding hydrogens is 683 g/mol. The fraction of sp³-hybridized carbons (Fsp3) is 0.406. The zero-order valence-corrected chi connectivity index (χ0v) is 31.0. The number of carboxylic acid groups (broad SMARTS) is 1. The highest BCUT2D eigenvalue weighted by Gasteiger charge is 2.27. The van der Waals surface area contributed by atoms with Gasteiger partial charge < -0.3 is 34.3 Å². The minimum absolute atomic E-state index is 0.0749. The number of hydrogen-bond donors (Lipinski definition) is 3. The molecule has 1 heterocycles. The third-order valence-electron chi connectivity index (χ3n) is 6.01. The van der Waals surface area contributed by atoms with Gasteiger partial charge in [0.05, 0.1) is 47.9 Å². The van der Waals surface area contributed by atoms with E-state index >= 15 is 0 Å². The van der Waals surface area contributed by atoms with Gasteiger partial charge in [-0.05, 0) is 43.8 Å². The van der Waals surface area contributed by atoms with Crippen molar-refractivity contribution < 1.29 is 47.5 Å². The number of benzene rings is 2. The van der Waals surface area contributed by atoms with E-state index in [1.54, 1.807) is 38.6 Å². The van der Waals surface area contributed by atoms with Gasteiger partial charge in [-0.3, -0.25) is 4.99 Å². The van der Waals surface area contributed by atoms with Crippen LogP contribution in [0.1, 0.15) is 34.1 Å². The summed E-state index contributed by atoms with van der Waals surface area (Å²) in [7, 11) is 0.367. The molecule has 0 bridgehead atoms. The van der Waals surface area contributed by atoms with E-state index in [1.165, 1.54) is 19.2 Å². The Kier molecular flexibility index (Phi) is 20.8. The van der Waals surface area contributed by atoms with Gasteiger partial charge in [0.2, 0.25) is 0 Å². The maximum absolute atomic E-state index is 14.1. The van der Waals surface area contributed by atoms with Crippen LogP contribution in [0.5, 0.6) is 17.2 Å². The summed E-state index contributed by atoms with van der Waals surface area (Å²) in [6, 6.07) is 8.40. The van der Waals surface area contributed by atoms with Gasteiger partial charge >= 0.3 is 5.97 Å². The zero-order chi connectivity index (χ0) is 37.0. The number of thioether (sulfide) groups is 1. The number of methoxy groups -OCH3 is 2. The second-order valence-electron chi connectivity index (χ2n) is 8.67. The second kappa shape index (κ2) is 22.6. The number of aliphatic imine (C=N–C) groups is 1. The van der Waals surface area contributed by atoms with Crippen LogP contribution >= 0.6 is 11.8 Å². The van der Waals surface area contributed by atoms with Gasteiger partial charge in [0.25, 0.3) is 10.0 Å². The number of aromatic nitrogens is 2. The molecule has 16 heteroatoms. The number of hydrogen-bond acceptors (Lipinski definition) is 12. The number of nitrogens with zero attached hydrogens (tertiary/aromatic N) is 3. The van der Waals surface area contributed by atoms with Crippen LogP contribution in [0.3, 0.4) is 0 Å². The first-order valence-corrected chi connectivity index (χ1v) is 17.8. The monoisotopic (exact) mass is 728 g/mol. The molecule has 0 aliphatic rings.